The molecule has 1 saturated carbocycles. The fourth-order valence-electron chi connectivity index (χ4n) is 2.45. The summed E-state index contributed by atoms with van der Waals surface area (Å²) in [5.41, 5.74) is -0.246. The number of anilines is 1. The molecule has 2 aliphatic rings. The van der Waals surface area contributed by atoms with Crippen LogP contribution in [0.4, 0.5) is 5.82 Å². The third-order valence-electron chi connectivity index (χ3n) is 3.36. The zero-order valence-corrected chi connectivity index (χ0v) is 9.27. The zero-order chi connectivity index (χ0) is 11.1. The van der Waals surface area contributed by atoms with Gasteiger partial charge in [-0.05, 0) is 19.3 Å². The zero-order valence-electron chi connectivity index (χ0n) is 9.27. The second-order valence-electron chi connectivity index (χ2n) is 4.54. The van der Waals surface area contributed by atoms with Gasteiger partial charge in [0.05, 0.1) is 12.2 Å². The first-order chi connectivity index (χ1) is 7.74. The summed E-state index contributed by atoms with van der Waals surface area (Å²) in [7, 11) is 1.69. The summed E-state index contributed by atoms with van der Waals surface area (Å²) in [6, 6.07) is 0.320. The van der Waals surface area contributed by atoms with E-state index in [0.29, 0.717) is 17.6 Å². The Kier molecular flexibility index (Phi) is 2.12. The van der Waals surface area contributed by atoms with E-state index >= 15 is 0 Å². The molecule has 1 N–H and O–H groups in total. The molecule has 2 heterocycles. The molecule has 1 aromatic heterocycles. The fourth-order valence-corrected chi connectivity index (χ4v) is 2.45. The summed E-state index contributed by atoms with van der Waals surface area (Å²) < 4.78 is 7.34. The second-order valence-corrected chi connectivity index (χ2v) is 4.54. The number of aryl methyl sites for hydroxylation is 1. The molecule has 1 aromatic rings. The van der Waals surface area contributed by atoms with Gasteiger partial charge in [-0.25, -0.2) is 4.79 Å². The van der Waals surface area contributed by atoms with Crippen molar-refractivity contribution in [3.05, 3.63) is 16.7 Å². The predicted molar refractivity (Wildman–Crippen MR) is 59.8 cm³/mol. The minimum Gasteiger partial charge on any atom is -0.483 e. The topological polar surface area (TPSA) is 56.2 Å². The van der Waals surface area contributed by atoms with Crippen LogP contribution in [-0.2, 0) is 7.05 Å². The molecule has 86 valence electrons. The van der Waals surface area contributed by atoms with Crippen LogP contribution in [0, 0.1) is 0 Å². The minimum atomic E-state index is -0.246. The van der Waals surface area contributed by atoms with Crippen molar-refractivity contribution in [2.24, 2.45) is 7.05 Å². The number of hydrogen-bond acceptors (Lipinski definition) is 4. The third kappa shape index (κ3) is 1.47. The van der Waals surface area contributed by atoms with Gasteiger partial charge < -0.3 is 10.1 Å². The number of nitrogens with one attached hydrogen (secondary N) is 1. The van der Waals surface area contributed by atoms with Gasteiger partial charge in [-0.3, -0.25) is 4.57 Å². The molecule has 3 rings (SSSR count). The molecule has 0 amide bonds. The van der Waals surface area contributed by atoms with Gasteiger partial charge in [0.2, 0.25) is 0 Å². The first-order valence-corrected chi connectivity index (χ1v) is 5.75. The molecule has 0 aromatic carbocycles. The molecule has 0 radical (unpaired) electrons. The van der Waals surface area contributed by atoms with Gasteiger partial charge in [-0.15, -0.1) is 0 Å². The molecule has 1 aliphatic carbocycles. The number of rotatable bonds is 0. The smallest absolute Gasteiger partial charge is 0.349 e. The number of fused-ring (bicyclic) bond motifs is 2. The SMILES string of the molecule is Cn1cc2c(nc1=O)NC1CCCCC1O2. The van der Waals surface area contributed by atoms with Crippen molar-refractivity contribution < 1.29 is 4.74 Å². The van der Waals surface area contributed by atoms with Crippen molar-refractivity contribution >= 4 is 5.82 Å². The van der Waals surface area contributed by atoms with E-state index in [4.69, 9.17) is 4.74 Å². The van der Waals surface area contributed by atoms with Crippen molar-refractivity contribution in [1.82, 2.24) is 9.55 Å². The van der Waals surface area contributed by atoms with Crippen molar-refractivity contribution in [3.8, 4) is 5.75 Å². The van der Waals surface area contributed by atoms with E-state index in [2.05, 4.69) is 10.3 Å². The predicted octanol–water partition coefficient (Wildman–Crippen LogP) is 0.896. The number of ether oxygens (including phenoxy) is 1. The average molecular weight is 221 g/mol. The van der Waals surface area contributed by atoms with Crippen LogP contribution in [0.15, 0.2) is 11.0 Å². The van der Waals surface area contributed by atoms with Crippen LogP contribution in [0.2, 0.25) is 0 Å². The average Bonchev–Trinajstić information content (AvgIpc) is 2.28. The van der Waals surface area contributed by atoms with E-state index in [9.17, 15) is 4.79 Å². The fraction of sp³-hybridized carbons (Fsp3) is 0.636. The van der Waals surface area contributed by atoms with Gasteiger partial charge in [0.15, 0.2) is 11.6 Å². The van der Waals surface area contributed by atoms with E-state index in [1.54, 1.807) is 13.2 Å². The molecule has 0 bridgehead atoms. The van der Waals surface area contributed by atoms with Gasteiger partial charge in [0.1, 0.15) is 6.10 Å². The van der Waals surface area contributed by atoms with Crippen molar-refractivity contribution in [2.45, 2.75) is 37.8 Å². The summed E-state index contributed by atoms with van der Waals surface area (Å²) in [4.78, 5) is 15.4. The van der Waals surface area contributed by atoms with Crippen LogP contribution in [-0.4, -0.2) is 21.7 Å². The lowest BCUT2D eigenvalue weighted by Crippen LogP contribution is -2.44. The van der Waals surface area contributed by atoms with Crippen LogP contribution >= 0.6 is 0 Å². The Bertz CT molecular complexity index is 469. The van der Waals surface area contributed by atoms with Crippen LogP contribution < -0.4 is 15.7 Å². The summed E-state index contributed by atoms with van der Waals surface area (Å²) in [6.45, 7) is 0. The van der Waals surface area contributed by atoms with Crippen LogP contribution in [0.5, 0.6) is 5.75 Å². The standard InChI is InChI=1S/C11H15N3O2/c1-14-6-9-10(13-11(14)15)12-7-4-2-3-5-8(7)16-9/h6-8H,2-5H2,1H3,(H,12,13,15). The second kappa shape index (κ2) is 3.50. The first kappa shape index (κ1) is 9.69. The Balaban J connectivity index is 1.98. The normalized spacial score (nSPS) is 27.3. The molecule has 5 nitrogen and oxygen atoms in total. The van der Waals surface area contributed by atoms with E-state index in [1.165, 1.54) is 17.4 Å². The van der Waals surface area contributed by atoms with Crippen molar-refractivity contribution in [3.63, 3.8) is 0 Å². The maximum Gasteiger partial charge on any atom is 0.349 e. The highest BCUT2D eigenvalue weighted by Gasteiger charge is 2.32. The van der Waals surface area contributed by atoms with Gasteiger partial charge >= 0.3 is 5.69 Å². The van der Waals surface area contributed by atoms with Gasteiger partial charge in [-0.1, -0.05) is 6.42 Å². The molecular formula is C11H15N3O2. The minimum absolute atomic E-state index is 0.237. The molecule has 2 unspecified atom stereocenters. The number of nitrogens with zero attached hydrogens (tertiary/aromatic N) is 2. The Hall–Kier alpha value is -1.52. The Morgan fingerprint density at radius 1 is 1.50 bits per heavy atom. The quantitative estimate of drug-likeness (QED) is 0.707. The first-order valence-electron chi connectivity index (χ1n) is 5.75. The summed E-state index contributed by atoms with van der Waals surface area (Å²) in [5.74, 6) is 1.30. The summed E-state index contributed by atoms with van der Waals surface area (Å²) in [5, 5.41) is 3.32. The van der Waals surface area contributed by atoms with E-state index in [0.717, 1.165) is 12.8 Å². The van der Waals surface area contributed by atoms with E-state index < -0.39 is 0 Å². The van der Waals surface area contributed by atoms with E-state index in [-0.39, 0.29) is 11.8 Å². The van der Waals surface area contributed by atoms with E-state index in [1.807, 2.05) is 0 Å². The molecule has 0 saturated heterocycles. The summed E-state index contributed by atoms with van der Waals surface area (Å²) in [6.07, 6.45) is 6.57. The lowest BCUT2D eigenvalue weighted by atomic mass is 9.91. The molecular weight excluding hydrogens is 206 g/mol. The number of hydrogen-bond donors (Lipinski definition) is 1. The Morgan fingerprint density at radius 3 is 3.19 bits per heavy atom. The Morgan fingerprint density at radius 2 is 2.31 bits per heavy atom. The maximum atomic E-state index is 11.4. The highest BCUT2D eigenvalue weighted by atomic mass is 16.5. The molecule has 16 heavy (non-hydrogen) atoms. The molecule has 5 heteroatoms. The van der Waals surface area contributed by atoms with Crippen LogP contribution in [0.25, 0.3) is 0 Å². The lowest BCUT2D eigenvalue weighted by Gasteiger charge is -2.37. The van der Waals surface area contributed by atoms with Crippen LogP contribution in [0.3, 0.4) is 0 Å². The number of aromatic nitrogens is 2. The molecule has 1 aliphatic heterocycles. The highest BCUT2D eigenvalue weighted by molar-refractivity contribution is 5.51. The van der Waals surface area contributed by atoms with Gasteiger partial charge in [0.25, 0.3) is 0 Å². The summed E-state index contributed by atoms with van der Waals surface area (Å²) >= 11 is 0. The van der Waals surface area contributed by atoms with Gasteiger partial charge in [-0.2, -0.15) is 4.98 Å². The van der Waals surface area contributed by atoms with Crippen molar-refractivity contribution in [1.29, 1.82) is 0 Å². The van der Waals surface area contributed by atoms with Crippen molar-refractivity contribution in [2.75, 3.05) is 5.32 Å². The molecule has 2 atom stereocenters. The Labute approximate surface area is 93.4 Å². The van der Waals surface area contributed by atoms with Gasteiger partial charge in [0, 0.05) is 7.05 Å². The third-order valence-corrected chi connectivity index (χ3v) is 3.36. The largest absolute Gasteiger partial charge is 0.483 e. The highest BCUT2D eigenvalue weighted by Crippen LogP contribution is 2.33. The van der Waals surface area contributed by atoms with Crippen LogP contribution in [0.1, 0.15) is 25.7 Å². The lowest BCUT2D eigenvalue weighted by molar-refractivity contribution is 0.128. The molecule has 0 spiro atoms. The molecule has 1 fully saturated rings. The monoisotopic (exact) mass is 221 g/mol. The maximum absolute atomic E-state index is 11.4.